The molecule has 20 heavy (non-hydrogen) atoms. The Hall–Kier alpha value is -2.62. The largest absolute Gasteiger partial charge is 0.483 e. The molecule has 0 aliphatic heterocycles. The first-order valence-corrected chi connectivity index (χ1v) is 6.36. The van der Waals surface area contributed by atoms with Crippen LogP contribution in [0.25, 0.3) is 10.9 Å². The van der Waals surface area contributed by atoms with E-state index < -0.39 is 0 Å². The molecular formula is C16H14N2O2. The molecule has 0 radical (unpaired) electrons. The molecule has 2 heterocycles. The Balaban J connectivity index is 1.79. The van der Waals surface area contributed by atoms with E-state index in [0.717, 1.165) is 10.9 Å². The van der Waals surface area contributed by atoms with Gasteiger partial charge in [0.15, 0.2) is 6.61 Å². The van der Waals surface area contributed by atoms with Gasteiger partial charge in [0, 0.05) is 36.6 Å². The summed E-state index contributed by atoms with van der Waals surface area (Å²) in [4.78, 5) is 16.3. The lowest BCUT2D eigenvalue weighted by atomic mass is 10.2. The van der Waals surface area contributed by atoms with Crippen molar-refractivity contribution in [2.75, 3.05) is 6.61 Å². The number of para-hydroxylation sites is 1. The van der Waals surface area contributed by atoms with E-state index in [0.29, 0.717) is 11.3 Å². The van der Waals surface area contributed by atoms with Crippen molar-refractivity contribution in [3.05, 3.63) is 60.6 Å². The zero-order chi connectivity index (χ0) is 13.9. The van der Waals surface area contributed by atoms with Gasteiger partial charge in [-0.3, -0.25) is 9.78 Å². The third kappa shape index (κ3) is 2.40. The van der Waals surface area contributed by atoms with E-state index in [2.05, 4.69) is 4.98 Å². The lowest BCUT2D eigenvalue weighted by Crippen LogP contribution is -2.11. The number of aryl methyl sites for hydroxylation is 1. The number of carbonyl (C=O) groups excluding carboxylic acids is 1. The second kappa shape index (κ2) is 5.17. The van der Waals surface area contributed by atoms with E-state index in [1.165, 1.54) is 0 Å². The van der Waals surface area contributed by atoms with E-state index in [1.807, 2.05) is 48.1 Å². The maximum atomic E-state index is 12.0. The second-order valence-electron chi connectivity index (χ2n) is 4.61. The monoisotopic (exact) mass is 266 g/mol. The highest BCUT2D eigenvalue weighted by Gasteiger charge is 2.09. The van der Waals surface area contributed by atoms with Crippen molar-refractivity contribution in [2.45, 2.75) is 0 Å². The summed E-state index contributed by atoms with van der Waals surface area (Å²) in [6.45, 7) is 0.0136. The number of aromatic nitrogens is 2. The highest BCUT2D eigenvalue weighted by Crippen LogP contribution is 2.23. The predicted octanol–water partition coefficient (Wildman–Crippen LogP) is 2.84. The van der Waals surface area contributed by atoms with Crippen LogP contribution in [0.1, 0.15) is 10.4 Å². The van der Waals surface area contributed by atoms with Gasteiger partial charge in [0.1, 0.15) is 11.3 Å². The van der Waals surface area contributed by atoms with Crippen LogP contribution in [0, 0.1) is 0 Å². The molecule has 0 atom stereocenters. The average Bonchev–Trinajstić information content (AvgIpc) is 2.91. The third-order valence-electron chi connectivity index (χ3n) is 3.11. The van der Waals surface area contributed by atoms with Crippen LogP contribution in [0.5, 0.6) is 5.75 Å². The Kier molecular flexibility index (Phi) is 3.21. The minimum Gasteiger partial charge on any atom is -0.483 e. The Morgan fingerprint density at radius 1 is 1.25 bits per heavy atom. The number of Topliss-reactive ketones (excluding diaryl/α,β-unsaturated/α-hetero) is 1. The molecule has 0 N–H and O–H groups in total. The number of carbonyl (C=O) groups is 1. The molecule has 3 aromatic rings. The summed E-state index contributed by atoms with van der Waals surface area (Å²) >= 11 is 0. The fourth-order valence-corrected chi connectivity index (χ4v) is 2.09. The van der Waals surface area contributed by atoms with Crippen molar-refractivity contribution in [1.82, 2.24) is 9.55 Å². The summed E-state index contributed by atoms with van der Waals surface area (Å²) in [7, 11) is 1.88. The maximum absolute atomic E-state index is 12.0. The molecular weight excluding hydrogens is 252 g/mol. The van der Waals surface area contributed by atoms with Gasteiger partial charge in [0.25, 0.3) is 0 Å². The SMILES string of the molecule is Cn1ccc(C(=O)COc2cccc3cccnc23)c1. The molecule has 4 heteroatoms. The molecule has 0 spiro atoms. The Morgan fingerprint density at radius 3 is 2.90 bits per heavy atom. The molecule has 0 unspecified atom stereocenters. The molecule has 100 valence electrons. The Bertz CT molecular complexity index is 757. The van der Waals surface area contributed by atoms with Gasteiger partial charge in [-0.25, -0.2) is 0 Å². The summed E-state index contributed by atoms with van der Waals surface area (Å²) in [5.74, 6) is 0.589. The summed E-state index contributed by atoms with van der Waals surface area (Å²) < 4.78 is 7.46. The molecule has 0 fully saturated rings. The first kappa shape index (κ1) is 12.4. The molecule has 0 saturated heterocycles. The molecule has 0 aliphatic rings. The standard InChI is InChI=1S/C16H14N2O2/c1-18-9-7-13(10-18)14(19)11-20-15-6-2-4-12-5-3-8-17-16(12)15/h2-10H,11H2,1H3. The van der Waals surface area contributed by atoms with Crippen molar-refractivity contribution in [3.63, 3.8) is 0 Å². The number of hydrogen-bond donors (Lipinski definition) is 0. The van der Waals surface area contributed by atoms with E-state index in [-0.39, 0.29) is 12.4 Å². The van der Waals surface area contributed by atoms with E-state index in [4.69, 9.17) is 4.74 Å². The minimum absolute atomic E-state index is 0.0136. The number of pyridine rings is 1. The number of nitrogens with zero attached hydrogens (tertiary/aromatic N) is 2. The van der Waals surface area contributed by atoms with Crippen molar-refractivity contribution in [2.24, 2.45) is 7.05 Å². The number of fused-ring (bicyclic) bond motifs is 1. The number of ether oxygens (including phenoxy) is 1. The summed E-state index contributed by atoms with van der Waals surface area (Å²) in [5, 5.41) is 0.997. The van der Waals surface area contributed by atoms with E-state index in [9.17, 15) is 4.79 Å². The molecule has 4 nitrogen and oxygen atoms in total. The lowest BCUT2D eigenvalue weighted by Gasteiger charge is -2.07. The van der Waals surface area contributed by atoms with Crippen LogP contribution in [-0.4, -0.2) is 21.9 Å². The van der Waals surface area contributed by atoms with Gasteiger partial charge in [-0.2, -0.15) is 0 Å². The highest BCUT2D eigenvalue weighted by molar-refractivity contribution is 5.97. The molecule has 3 rings (SSSR count). The van der Waals surface area contributed by atoms with E-state index >= 15 is 0 Å². The molecule has 0 bridgehead atoms. The number of rotatable bonds is 4. The Labute approximate surface area is 116 Å². The normalized spacial score (nSPS) is 10.7. The van der Waals surface area contributed by atoms with Gasteiger partial charge in [-0.05, 0) is 18.2 Å². The topological polar surface area (TPSA) is 44.1 Å². The van der Waals surface area contributed by atoms with Crippen LogP contribution >= 0.6 is 0 Å². The molecule has 0 amide bonds. The maximum Gasteiger partial charge on any atom is 0.201 e. The smallest absolute Gasteiger partial charge is 0.201 e. The summed E-state index contributed by atoms with van der Waals surface area (Å²) in [6, 6.07) is 11.3. The fourth-order valence-electron chi connectivity index (χ4n) is 2.09. The zero-order valence-electron chi connectivity index (χ0n) is 11.1. The van der Waals surface area contributed by atoms with Crippen molar-refractivity contribution in [1.29, 1.82) is 0 Å². The molecule has 0 aliphatic carbocycles. The fraction of sp³-hybridized carbons (Fsp3) is 0.125. The molecule has 1 aromatic carbocycles. The van der Waals surface area contributed by atoms with Crippen LogP contribution in [0.4, 0.5) is 0 Å². The van der Waals surface area contributed by atoms with E-state index in [1.54, 1.807) is 18.5 Å². The third-order valence-corrected chi connectivity index (χ3v) is 3.11. The van der Waals surface area contributed by atoms with Crippen LogP contribution in [0.2, 0.25) is 0 Å². The average molecular weight is 266 g/mol. The lowest BCUT2D eigenvalue weighted by molar-refractivity contribution is 0.0922. The number of hydrogen-bond acceptors (Lipinski definition) is 3. The van der Waals surface area contributed by atoms with Gasteiger partial charge in [0.2, 0.25) is 5.78 Å². The van der Waals surface area contributed by atoms with Crippen LogP contribution in [0.3, 0.4) is 0 Å². The van der Waals surface area contributed by atoms with Crippen LogP contribution in [0.15, 0.2) is 55.0 Å². The first-order valence-electron chi connectivity index (χ1n) is 6.36. The van der Waals surface area contributed by atoms with Gasteiger partial charge in [-0.1, -0.05) is 18.2 Å². The summed E-state index contributed by atoms with van der Waals surface area (Å²) in [5.41, 5.74) is 1.43. The van der Waals surface area contributed by atoms with Gasteiger partial charge in [0.05, 0.1) is 0 Å². The minimum atomic E-state index is -0.0430. The zero-order valence-corrected chi connectivity index (χ0v) is 11.1. The van der Waals surface area contributed by atoms with Crippen molar-refractivity contribution in [3.8, 4) is 5.75 Å². The van der Waals surface area contributed by atoms with Gasteiger partial charge < -0.3 is 9.30 Å². The van der Waals surface area contributed by atoms with Gasteiger partial charge >= 0.3 is 0 Å². The van der Waals surface area contributed by atoms with Crippen molar-refractivity contribution < 1.29 is 9.53 Å². The highest BCUT2D eigenvalue weighted by atomic mass is 16.5. The van der Waals surface area contributed by atoms with Crippen LogP contribution < -0.4 is 4.74 Å². The molecule has 0 saturated carbocycles. The number of ketones is 1. The van der Waals surface area contributed by atoms with Crippen LogP contribution in [-0.2, 0) is 7.05 Å². The molecule has 2 aromatic heterocycles. The second-order valence-corrected chi connectivity index (χ2v) is 4.61. The van der Waals surface area contributed by atoms with Crippen molar-refractivity contribution >= 4 is 16.7 Å². The van der Waals surface area contributed by atoms with Gasteiger partial charge in [-0.15, -0.1) is 0 Å². The Morgan fingerprint density at radius 2 is 2.10 bits per heavy atom. The quantitative estimate of drug-likeness (QED) is 0.682. The number of benzene rings is 1. The predicted molar refractivity (Wildman–Crippen MR) is 77.0 cm³/mol. The summed E-state index contributed by atoms with van der Waals surface area (Å²) in [6.07, 6.45) is 5.34. The first-order chi connectivity index (χ1) is 9.74.